The highest BCUT2D eigenvalue weighted by Crippen LogP contribution is 2.32. The minimum atomic E-state index is -0.642. The first-order valence-electron chi connectivity index (χ1n) is 6.66. The van der Waals surface area contributed by atoms with Gasteiger partial charge in [-0.25, -0.2) is 4.79 Å². The maximum atomic E-state index is 12.1. The molecule has 2 aliphatic heterocycles. The van der Waals surface area contributed by atoms with Crippen molar-refractivity contribution in [2.45, 2.75) is 64.3 Å². The molecule has 3 atom stereocenters. The number of carbonyl (C=O) groups excluding carboxylic acids is 1. The zero-order valence-corrected chi connectivity index (χ0v) is 12.3. The van der Waals surface area contributed by atoms with Gasteiger partial charge in [0.15, 0.2) is 5.79 Å². The molecule has 2 saturated heterocycles. The number of hydrogen-bond acceptors (Lipinski definition) is 5. The first-order valence-corrected chi connectivity index (χ1v) is 6.66. The van der Waals surface area contributed by atoms with Crippen LogP contribution in [0.15, 0.2) is 0 Å². The highest BCUT2D eigenvalue weighted by Gasteiger charge is 2.49. The number of carbonyl (C=O) groups is 1. The van der Waals surface area contributed by atoms with Gasteiger partial charge in [-0.2, -0.15) is 0 Å². The van der Waals surface area contributed by atoms with Crippen molar-refractivity contribution in [3.8, 4) is 0 Å². The van der Waals surface area contributed by atoms with E-state index in [0.29, 0.717) is 13.1 Å². The Hall–Kier alpha value is -0.850. The van der Waals surface area contributed by atoms with Crippen molar-refractivity contribution in [2.24, 2.45) is 5.73 Å². The van der Waals surface area contributed by atoms with Crippen LogP contribution in [-0.4, -0.2) is 53.7 Å². The number of hydrogen-bond donors (Lipinski definition) is 1. The lowest BCUT2D eigenvalue weighted by molar-refractivity contribution is -0.146. The summed E-state index contributed by atoms with van der Waals surface area (Å²) in [6.45, 7) is 10.1. The molecule has 19 heavy (non-hydrogen) atoms. The Morgan fingerprint density at radius 2 is 1.95 bits per heavy atom. The SMILES string of the molecule is CC(C)(C)OC(=O)N1C[C@@H](N)[C@H]2OC(C)(C)O[C@H]2C1. The van der Waals surface area contributed by atoms with Crippen LogP contribution in [-0.2, 0) is 14.2 Å². The van der Waals surface area contributed by atoms with Gasteiger partial charge in [-0.3, -0.25) is 0 Å². The van der Waals surface area contributed by atoms with Crippen molar-refractivity contribution in [3.05, 3.63) is 0 Å². The minimum Gasteiger partial charge on any atom is -0.444 e. The predicted octanol–water partition coefficient (Wildman–Crippen LogP) is 1.08. The lowest BCUT2D eigenvalue weighted by Crippen LogP contribution is -2.59. The fourth-order valence-electron chi connectivity index (χ4n) is 2.49. The molecule has 0 aromatic heterocycles. The van der Waals surface area contributed by atoms with Crippen molar-refractivity contribution in [1.29, 1.82) is 0 Å². The molecular formula is C13H24N2O4. The molecule has 2 heterocycles. The predicted molar refractivity (Wildman–Crippen MR) is 69.6 cm³/mol. The molecule has 6 nitrogen and oxygen atoms in total. The average molecular weight is 272 g/mol. The first kappa shape index (κ1) is 14.6. The molecule has 0 saturated carbocycles. The zero-order chi connectivity index (χ0) is 14.4. The lowest BCUT2D eigenvalue weighted by atomic mass is 10.0. The van der Waals surface area contributed by atoms with E-state index in [9.17, 15) is 4.79 Å². The molecule has 0 spiro atoms. The van der Waals surface area contributed by atoms with Crippen LogP contribution in [0.3, 0.4) is 0 Å². The van der Waals surface area contributed by atoms with Crippen molar-refractivity contribution in [1.82, 2.24) is 4.90 Å². The monoisotopic (exact) mass is 272 g/mol. The smallest absolute Gasteiger partial charge is 0.410 e. The second-order valence-corrected chi connectivity index (χ2v) is 6.69. The van der Waals surface area contributed by atoms with Crippen LogP contribution < -0.4 is 5.73 Å². The Kier molecular flexibility index (Phi) is 3.53. The van der Waals surface area contributed by atoms with E-state index in [0.717, 1.165) is 0 Å². The highest BCUT2D eigenvalue weighted by atomic mass is 16.8. The van der Waals surface area contributed by atoms with Gasteiger partial charge in [0.05, 0.1) is 12.6 Å². The summed E-state index contributed by atoms with van der Waals surface area (Å²) in [6, 6.07) is -0.256. The topological polar surface area (TPSA) is 74.0 Å². The Morgan fingerprint density at radius 3 is 2.53 bits per heavy atom. The number of amides is 1. The first-order chi connectivity index (χ1) is 8.57. The van der Waals surface area contributed by atoms with E-state index in [1.165, 1.54) is 0 Å². The second-order valence-electron chi connectivity index (χ2n) is 6.69. The maximum absolute atomic E-state index is 12.1. The Bertz CT molecular complexity index is 364. The lowest BCUT2D eigenvalue weighted by Gasteiger charge is -2.37. The number of nitrogens with two attached hydrogens (primary N) is 1. The fourth-order valence-corrected chi connectivity index (χ4v) is 2.49. The van der Waals surface area contributed by atoms with Crippen molar-refractivity contribution < 1.29 is 19.0 Å². The van der Waals surface area contributed by atoms with E-state index in [2.05, 4.69) is 0 Å². The van der Waals surface area contributed by atoms with Crippen molar-refractivity contribution in [3.63, 3.8) is 0 Å². The molecule has 2 aliphatic rings. The molecule has 110 valence electrons. The largest absolute Gasteiger partial charge is 0.444 e. The molecular weight excluding hydrogens is 248 g/mol. The van der Waals surface area contributed by atoms with Gasteiger partial charge in [-0.15, -0.1) is 0 Å². The number of fused-ring (bicyclic) bond motifs is 1. The standard InChI is InChI=1S/C13H24N2O4/c1-12(2,3)19-11(16)15-6-8(14)10-9(7-15)17-13(4,5)18-10/h8-10H,6-7,14H2,1-5H3/t8-,9+,10-/m1/s1. The Morgan fingerprint density at radius 1 is 1.32 bits per heavy atom. The van der Waals surface area contributed by atoms with Crippen molar-refractivity contribution >= 4 is 6.09 Å². The number of nitrogens with zero attached hydrogens (tertiary/aromatic N) is 1. The summed E-state index contributed by atoms with van der Waals surface area (Å²) in [5.74, 6) is -0.642. The molecule has 1 amide bonds. The number of rotatable bonds is 0. The van der Waals surface area contributed by atoms with Crippen LogP contribution in [0.1, 0.15) is 34.6 Å². The summed E-state index contributed by atoms with van der Waals surface area (Å²) in [7, 11) is 0. The molecule has 2 rings (SSSR count). The van der Waals surface area contributed by atoms with Crippen LogP contribution in [0.5, 0.6) is 0 Å². The molecule has 2 fully saturated rings. The van der Waals surface area contributed by atoms with Gasteiger partial charge in [-0.05, 0) is 34.6 Å². The molecule has 0 unspecified atom stereocenters. The van der Waals surface area contributed by atoms with E-state index < -0.39 is 11.4 Å². The quantitative estimate of drug-likeness (QED) is 0.714. The van der Waals surface area contributed by atoms with Crippen LogP contribution in [0.25, 0.3) is 0 Å². The van der Waals surface area contributed by atoms with E-state index >= 15 is 0 Å². The Labute approximate surface area is 114 Å². The minimum absolute atomic E-state index is 0.159. The normalized spacial score (nSPS) is 34.0. The third kappa shape index (κ3) is 3.38. The third-order valence-corrected chi connectivity index (χ3v) is 3.13. The third-order valence-electron chi connectivity index (χ3n) is 3.13. The number of piperidine rings is 1. The molecule has 0 aromatic carbocycles. The van der Waals surface area contributed by atoms with E-state index in [1.54, 1.807) is 4.90 Å². The summed E-state index contributed by atoms with van der Waals surface area (Å²) >= 11 is 0. The molecule has 0 bridgehead atoms. The summed E-state index contributed by atoms with van der Waals surface area (Å²) in [5.41, 5.74) is 5.57. The Balaban J connectivity index is 2.02. The summed E-state index contributed by atoms with van der Waals surface area (Å²) < 4.78 is 16.9. The van der Waals surface area contributed by atoms with Crippen LogP contribution in [0, 0.1) is 0 Å². The maximum Gasteiger partial charge on any atom is 0.410 e. The van der Waals surface area contributed by atoms with Gasteiger partial charge in [0.1, 0.15) is 17.8 Å². The molecule has 0 radical (unpaired) electrons. The molecule has 0 aliphatic carbocycles. The summed E-state index contributed by atoms with van der Waals surface area (Å²) in [6.07, 6.45) is -0.699. The fraction of sp³-hybridized carbons (Fsp3) is 0.923. The molecule has 6 heteroatoms. The van der Waals surface area contributed by atoms with Crippen LogP contribution in [0.4, 0.5) is 4.79 Å². The summed E-state index contributed by atoms with van der Waals surface area (Å²) in [5, 5.41) is 0. The van der Waals surface area contributed by atoms with E-state index in [1.807, 2.05) is 34.6 Å². The van der Waals surface area contributed by atoms with Gasteiger partial charge >= 0.3 is 6.09 Å². The van der Waals surface area contributed by atoms with Crippen LogP contribution >= 0.6 is 0 Å². The van der Waals surface area contributed by atoms with Gasteiger partial charge in [0, 0.05) is 6.54 Å². The number of likely N-dealkylation sites (tertiary alicyclic amines) is 1. The van der Waals surface area contributed by atoms with E-state index in [-0.39, 0.29) is 24.3 Å². The van der Waals surface area contributed by atoms with Gasteiger partial charge < -0.3 is 24.8 Å². The zero-order valence-electron chi connectivity index (χ0n) is 12.3. The van der Waals surface area contributed by atoms with Gasteiger partial charge in [0.25, 0.3) is 0 Å². The molecule has 0 aromatic rings. The highest BCUT2D eigenvalue weighted by molar-refractivity contribution is 5.68. The van der Waals surface area contributed by atoms with Crippen LogP contribution in [0.2, 0.25) is 0 Å². The second kappa shape index (κ2) is 4.61. The average Bonchev–Trinajstić information content (AvgIpc) is 2.50. The number of ether oxygens (including phenoxy) is 3. The summed E-state index contributed by atoms with van der Waals surface area (Å²) in [4.78, 5) is 13.7. The van der Waals surface area contributed by atoms with E-state index in [4.69, 9.17) is 19.9 Å². The molecule has 2 N–H and O–H groups in total. The van der Waals surface area contributed by atoms with Crippen molar-refractivity contribution in [2.75, 3.05) is 13.1 Å². The van der Waals surface area contributed by atoms with Gasteiger partial charge in [-0.1, -0.05) is 0 Å². The van der Waals surface area contributed by atoms with Gasteiger partial charge in [0.2, 0.25) is 0 Å².